The molecule has 2 aromatic rings. The first-order valence-corrected chi connectivity index (χ1v) is 10.4. The van der Waals surface area contributed by atoms with Gasteiger partial charge in [-0.1, -0.05) is 24.3 Å². The summed E-state index contributed by atoms with van der Waals surface area (Å²) in [7, 11) is 5.37. The number of esters is 1. The van der Waals surface area contributed by atoms with Gasteiger partial charge in [0, 0.05) is 35.8 Å². The maximum absolute atomic E-state index is 12.9. The Kier molecular flexibility index (Phi) is 6.79. The number of hydrogen-bond donors (Lipinski definition) is 0. The summed E-state index contributed by atoms with van der Waals surface area (Å²) in [5.41, 5.74) is 2.99. The van der Waals surface area contributed by atoms with Crippen molar-refractivity contribution in [2.45, 2.75) is 17.1 Å². The molecule has 8 heteroatoms. The van der Waals surface area contributed by atoms with Crippen LogP contribution >= 0.6 is 11.8 Å². The molecular formula is C22H25N3O4S. The van der Waals surface area contributed by atoms with Crippen molar-refractivity contribution >= 4 is 29.1 Å². The van der Waals surface area contributed by atoms with E-state index in [0.29, 0.717) is 17.7 Å². The second kappa shape index (κ2) is 9.32. The van der Waals surface area contributed by atoms with Crippen LogP contribution in [0.25, 0.3) is 0 Å². The van der Waals surface area contributed by atoms with Crippen LogP contribution in [-0.4, -0.2) is 50.1 Å². The first-order chi connectivity index (χ1) is 14.3. The maximum atomic E-state index is 12.9. The second-order valence-electron chi connectivity index (χ2n) is 7.26. The van der Waals surface area contributed by atoms with E-state index < -0.39 is 16.1 Å². The summed E-state index contributed by atoms with van der Waals surface area (Å²) in [6, 6.07) is 14.4. The number of carbonyl (C=O) groups excluding carboxylic acids is 1. The number of rotatable bonds is 6. The van der Waals surface area contributed by atoms with Crippen LogP contribution in [0.15, 0.2) is 64.7 Å². The molecule has 0 aliphatic carbocycles. The molecule has 1 aliphatic heterocycles. The molecule has 0 radical (unpaired) electrons. The van der Waals surface area contributed by atoms with Crippen molar-refractivity contribution < 1.29 is 14.5 Å². The highest BCUT2D eigenvalue weighted by atomic mass is 32.2. The van der Waals surface area contributed by atoms with Gasteiger partial charge < -0.3 is 14.5 Å². The number of ether oxygens (including phenoxy) is 1. The number of fused-ring (bicyclic) bond motifs is 1. The van der Waals surface area contributed by atoms with Crippen molar-refractivity contribution in [2.24, 2.45) is 0 Å². The van der Waals surface area contributed by atoms with Gasteiger partial charge in [0.2, 0.25) is 0 Å². The lowest BCUT2D eigenvalue weighted by Crippen LogP contribution is -2.32. The number of anilines is 1. The number of para-hydroxylation sites is 1. The van der Waals surface area contributed by atoms with Gasteiger partial charge in [0.15, 0.2) is 0 Å². The highest BCUT2D eigenvalue weighted by Crippen LogP contribution is 2.49. The van der Waals surface area contributed by atoms with Crippen molar-refractivity contribution in [3.8, 4) is 0 Å². The van der Waals surface area contributed by atoms with E-state index in [-0.39, 0.29) is 5.69 Å². The summed E-state index contributed by atoms with van der Waals surface area (Å²) in [4.78, 5) is 29.0. The third-order valence-corrected chi connectivity index (χ3v) is 6.36. The Balaban J connectivity index is 2.20. The molecular weight excluding hydrogens is 402 g/mol. The van der Waals surface area contributed by atoms with Crippen LogP contribution in [0.4, 0.5) is 11.4 Å². The van der Waals surface area contributed by atoms with Crippen molar-refractivity contribution in [3.63, 3.8) is 0 Å². The van der Waals surface area contributed by atoms with Gasteiger partial charge in [-0.05, 0) is 38.7 Å². The number of likely N-dealkylation sites (N-methyl/N-ethyl adjacent to an activating group) is 1. The summed E-state index contributed by atoms with van der Waals surface area (Å²) >= 11 is 1.51. The van der Waals surface area contributed by atoms with Gasteiger partial charge in [0.25, 0.3) is 5.69 Å². The smallest absolute Gasteiger partial charge is 0.337 e. The first-order valence-electron chi connectivity index (χ1n) is 9.55. The molecule has 1 aliphatic rings. The van der Waals surface area contributed by atoms with Gasteiger partial charge in [-0.3, -0.25) is 10.1 Å². The minimum Gasteiger partial charge on any atom is -0.466 e. The van der Waals surface area contributed by atoms with E-state index in [2.05, 4.69) is 9.80 Å². The Morgan fingerprint density at radius 3 is 2.63 bits per heavy atom. The Bertz CT molecular complexity index is 990. The minimum atomic E-state index is -0.431. The summed E-state index contributed by atoms with van der Waals surface area (Å²) in [5, 5.41) is 10.9. The molecule has 0 aromatic heterocycles. The van der Waals surface area contributed by atoms with Gasteiger partial charge in [-0.25, -0.2) is 4.79 Å². The zero-order chi connectivity index (χ0) is 21.8. The molecule has 0 spiro atoms. The number of hydrogen-bond acceptors (Lipinski definition) is 7. The van der Waals surface area contributed by atoms with Crippen molar-refractivity contribution in [1.29, 1.82) is 0 Å². The molecule has 30 heavy (non-hydrogen) atoms. The monoisotopic (exact) mass is 427 g/mol. The number of nitrogens with zero attached hydrogens (tertiary/aromatic N) is 3. The zero-order valence-electron chi connectivity index (χ0n) is 17.5. The van der Waals surface area contributed by atoms with Crippen LogP contribution in [-0.2, 0) is 9.53 Å². The highest BCUT2D eigenvalue weighted by molar-refractivity contribution is 8.00. The number of benzene rings is 2. The van der Waals surface area contributed by atoms with Crippen molar-refractivity contribution in [2.75, 3.05) is 39.2 Å². The number of nitro benzene ring substituents is 1. The number of methoxy groups -OCH3 is 1. The van der Waals surface area contributed by atoms with Gasteiger partial charge in [0.05, 0.1) is 28.5 Å². The van der Waals surface area contributed by atoms with Crippen molar-refractivity contribution in [3.05, 3.63) is 75.5 Å². The Morgan fingerprint density at radius 1 is 1.23 bits per heavy atom. The lowest BCUT2D eigenvalue weighted by molar-refractivity contribution is -0.384. The lowest BCUT2D eigenvalue weighted by atomic mass is 10.0. The summed E-state index contributed by atoms with van der Waals surface area (Å²) in [5.74, 6) is -0.431. The van der Waals surface area contributed by atoms with Crippen LogP contribution in [0.2, 0.25) is 0 Å². The fourth-order valence-corrected chi connectivity index (χ4v) is 4.85. The van der Waals surface area contributed by atoms with Gasteiger partial charge >= 0.3 is 5.97 Å². The third kappa shape index (κ3) is 4.49. The SMILES string of the molecule is COC(=O)C1=C(C)N(CCN(C)C)c2ccccc2SC1c1cccc([N+](=O)[O-])c1. The highest BCUT2D eigenvalue weighted by Gasteiger charge is 2.34. The molecule has 0 saturated heterocycles. The molecule has 7 nitrogen and oxygen atoms in total. The van der Waals surface area contributed by atoms with Gasteiger partial charge in [0.1, 0.15) is 0 Å². The molecule has 0 fully saturated rings. The van der Waals surface area contributed by atoms with Crippen LogP contribution in [0, 0.1) is 10.1 Å². The van der Waals surface area contributed by atoms with Crippen LogP contribution in [0.5, 0.6) is 0 Å². The number of non-ortho nitro benzene ring substituents is 1. The summed E-state index contributed by atoms with van der Waals surface area (Å²) in [6.45, 7) is 3.40. The Hall–Kier alpha value is -2.84. The van der Waals surface area contributed by atoms with Crippen LogP contribution in [0.3, 0.4) is 0 Å². The minimum absolute atomic E-state index is 0.00281. The number of thioether (sulfide) groups is 1. The molecule has 158 valence electrons. The third-order valence-electron chi connectivity index (χ3n) is 5.02. The average Bonchev–Trinajstić information content (AvgIpc) is 2.85. The summed E-state index contributed by atoms with van der Waals surface area (Å²) < 4.78 is 5.14. The number of carbonyl (C=O) groups is 1. The lowest BCUT2D eigenvalue weighted by Gasteiger charge is -2.28. The standard InChI is InChI=1S/C22H25N3O4S/c1-15-20(22(26)29-4)21(16-8-7-9-17(14-16)25(27)28)30-19-11-6-5-10-18(19)24(15)13-12-23(2)3/h5-11,14,21H,12-13H2,1-4H3. The predicted molar refractivity (Wildman–Crippen MR) is 119 cm³/mol. The second-order valence-corrected chi connectivity index (χ2v) is 8.41. The molecule has 1 heterocycles. The molecule has 0 N–H and O–H groups in total. The number of allylic oxidation sites excluding steroid dienone is 1. The van der Waals surface area contributed by atoms with E-state index in [1.807, 2.05) is 51.4 Å². The fraction of sp³-hybridized carbons (Fsp3) is 0.318. The zero-order valence-corrected chi connectivity index (χ0v) is 18.3. The topological polar surface area (TPSA) is 75.9 Å². The normalized spacial score (nSPS) is 16.3. The molecule has 1 unspecified atom stereocenters. The first kappa shape index (κ1) is 21.9. The quantitative estimate of drug-likeness (QED) is 0.387. The Morgan fingerprint density at radius 2 is 1.97 bits per heavy atom. The van der Waals surface area contributed by atoms with E-state index in [4.69, 9.17) is 4.74 Å². The largest absolute Gasteiger partial charge is 0.466 e. The number of nitro groups is 1. The molecule has 2 aromatic carbocycles. The molecule has 0 amide bonds. The Labute approximate surface area is 180 Å². The van der Waals surface area contributed by atoms with E-state index in [0.717, 1.165) is 22.8 Å². The molecule has 1 atom stereocenters. The van der Waals surface area contributed by atoms with E-state index in [1.165, 1.54) is 31.0 Å². The van der Waals surface area contributed by atoms with Crippen molar-refractivity contribution in [1.82, 2.24) is 4.90 Å². The average molecular weight is 428 g/mol. The molecule has 0 bridgehead atoms. The van der Waals surface area contributed by atoms with Crippen LogP contribution in [0.1, 0.15) is 17.7 Å². The molecule has 3 rings (SSSR count). The fourth-order valence-electron chi connectivity index (χ4n) is 3.47. The maximum Gasteiger partial charge on any atom is 0.337 e. The van der Waals surface area contributed by atoms with E-state index in [9.17, 15) is 14.9 Å². The molecule has 0 saturated carbocycles. The summed E-state index contributed by atoms with van der Waals surface area (Å²) in [6.07, 6.45) is 0. The van der Waals surface area contributed by atoms with Gasteiger partial charge in [-0.15, -0.1) is 11.8 Å². The van der Waals surface area contributed by atoms with E-state index >= 15 is 0 Å². The predicted octanol–water partition coefficient (Wildman–Crippen LogP) is 4.26. The van der Waals surface area contributed by atoms with Crippen LogP contribution < -0.4 is 4.90 Å². The van der Waals surface area contributed by atoms with E-state index in [1.54, 1.807) is 6.07 Å². The van der Waals surface area contributed by atoms with Gasteiger partial charge in [-0.2, -0.15) is 0 Å².